The number of hydrogen-bond acceptors (Lipinski definition) is 4. The molecule has 8 heteroatoms. The summed E-state index contributed by atoms with van der Waals surface area (Å²) >= 11 is 12.0. The number of hydrogen-bond donors (Lipinski definition) is 0. The molecule has 3 aromatic rings. The highest BCUT2D eigenvalue weighted by molar-refractivity contribution is 6.32. The van der Waals surface area contributed by atoms with Gasteiger partial charge in [0.15, 0.2) is 16.0 Å². The fourth-order valence-corrected chi connectivity index (χ4v) is 2.25. The van der Waals surface area contributed by atoms with Gasteiger partial charge in [-0.05, 0) is 0 Å². The molecule has 0 spiro atoms. The maximum absolute atomic E-state index is 8.66. The third kappa shape index (κ3) is 1.93. The molecule has 0 unspecified atom stereocenters. The smallest absolute Gasteiger partial charge is 0.175 e. The van der Waals surface area contributed by atoms with Crippen LogP contribution < -0.4 is 0 Å². The van der Waals surface area contributed by atoms with Crippen LogP contribution >= 0.6 is 23.2 Å². The highest BCUT2D eigenvalue weighted by atomic mass is 35.5. The van der Waals surface area contributed by atoms with Crippen molar-refractivity contribution in [3.8, 4) is 17.3 Å². The van der Waals surface area contributed by atoms with Gasteiger partial charge in [-0.1, -0.05) is 23.2 Å². The molecule has 3 heterocycles. The second kappa shape index (κ2) is 4.53. The minimum Gasteiger partial charge on any atom is -0.295 e. The van der Waals surface area contributed by atoms with Crippen LogP contribution in [0.3, 0.4) is 0 Å². The molecule has 6 nitrogen and oxygen atoms in total. The van der Waals surface area contributed by atoms with E-state index in [1.165, 1.54) is 4.68 Å². The van der Waals surface area contributed by atoms with Crippen molar-refractivity contribution in [2.45, 2.75) is 6.54 Å². The Balaban J connectivity index is 2.20. The first-order valence-electron chi connectivity index (χ1n) is 5.28. The molecule has 3 aromatic heterocycles. The van der Waals surface area contributed by atoms with Gasteiger partial charge in [-0.25, -0.2) is 9.97 Å². The van der Waals surface area contributed by atoms with Gasteiger partial charge in [-0.2, -0.15) is 10.4 Å². The van der Waals surface area contributed by atoms with Gasteiger partial charge in [0.1, 0.15) is 6.54 Å². The van der Waals surface area contributed by atoms with E-state index in [0.29, 0.717) is 21.5 Å². The van der Waals surface area contributed by atoms with Crippen molar-refractivity contribution >= 4 is 28.8 Å². The van der Waals surface area contributed by atoms with Crippen molar-refractivity contribution in [2.75, 3.05) is 0 Å². The van der Waals surface area contributed by atoms with Crippen molar-refractivity contribution < 1.29 is 0 Å². The summed E-state index contributed by atoms with van der Waals surface area (Å²) in [5.41, 5.74) is 1.98. The summed E-state index contributed by atoms with van der Waals surface area (Å²) in [5, 5.41) is 13.3. The highest BCUT2D eigenvalue weighted by Gasteiger charge is 2.14. The lowest BCUT2D eigenvalue weighted by atomic mass is 10.3. The van der Waals surface area contributed by atoms with Crippen molar-refractivity contribution in [3.05, 3.63) is 35.1 Å². The number of halogens is 2. The van der Waals surface area contributed by atoms with Crippen LogP contribution in [-0.2, 0) is 6.54 Å². The van der Waals surface area contributed by atoms with Crippen molar-refractivity contribution in [2.24, 2.45) is 0 Å². The Labute approximate surface area is 117 Å². The lowest BCUT2D eigenvalue weighted by molar-refractivity contribution is 0.710. The predicted molar refractivity (Wildman–Crippen MR) is 69.8 cm³/mol. The van der Waals surface area contributed by atoms with Crippen LogP contribution in [0.5, 0.6) is 0 Å². The van der Waals surface area contributed by atoms with Gasteiger partial charge in [-0.3, -0.25) is 9.08 Å². The van der Waals surface area contributed by atoms with Crippen LogP contribution in [0.15, 0.2) is 24.8 Å². The van der Waals surface area contributed by atoms with Crippen molar-refractivity contribution in [3.63, 3.8) is 0 Å². The van der Waals surface area contributed by atoms with Gasteiger partial charge >= 0.3 is 0 Å². The molecule has 0 saturated heterocycles. The lowest BCUT2D eigenvalue weighted by Crippen LogP contribution is -1.94. The Bertz CT molecular complexity index is 797. The zero-order chi connectivity index (χ0) is 13.4. The van der Waals surface area contributed by atoms with E-state index in [1.54, 1.807) is 29.2 Å². The lowest BCUT2D eigenvalue weighted by Gasteiger charge is -1.99. The molecule has 0 radical (unpaired) electrons. The molecule has 0 fully saturated rings. The van der Waals surface area contributed by atoms with Gasteiger partial charge in [0.05, 0.1) is 23.5 Å². The standard InChI is InChI=1S/C11H6Cl2N6/c12-9-7(6-18(17-9)3-1-14)8-5-16-11-10(13)15-2-4-19(8)11/h2,4-6H,3H2. The fraction of sp³-hybridized carbons (Fsp3) is 0.0909. The number of fused-ring (bicyclic) bond motifs is 1. The zero-order valence-corrected chi connectivity index (χ0v) is 11.0. The molecule has 0 aliphatic carbocycles. The number of imidazole rings is 1. The zero-order valence-electron chi connectivity index (χ0n) is 9.46. The van der Waals surface area contributed by atoms with E-state index in [0.717, 1.165) is 5.69 Å². The SMILES string of the molecule is N#CCn1cc(-c2cnc3c(Cl)nccn23)c(Cl)n1. The van der Waals surface area contributed by atoms with E-state index in [2.05, 4.69) is 15.1 Å². The minimum absolute atomic E-state index is 0.138. The Morgan fingerprint density at radius 3 is 2.89 bits per heavy atom. The summed E-state index contributed by atoms with van der Waals surface area (Å²) in [6, 6.07) is 2.00. The molecule has 19 heavy (non-hydrogen) atoms. The molecule has 94 valence electrons. The first-order chi connectivity index (χ1) is 9.20. The summed E-state index contributed by atoms with van der Waals surface area (Å²) in [6.07, 6.45) is 6.65. The monoisotopic (exact) mass is 292 g/mol. The minimum atomic E-state index is 0.138. The Hall–Kier alpha value is -2.10. The molecule has 0 saturated carbocycles. The maximum Gasteiger partial charge on any atom is 0.175 e. The van der Waals surface area contributed by atoms with Crippen LogP contribution in [0.1, 0.15) is 0 Å². The molecule has 0 aliphatic heterocycles. The van der Waals surface area contributed by atoms with E-state index in [4.69, 9.17) is 28.5 Å². The van der Waals surface area contributed by atoms with Crippen LogP contribution in [0.25, 0.3) is 16.9 Å². The van der Waals surface area contributed by atoms with E-state index in [1.807, 2.05) is 6.07 Å². The van der Waals surface area contributed by atoms with Gasteiger partial charge < -0.3 is 0 Å². The van der Waals surface area contributed by atoms with Crippen LogP contribution in [0, 0.1) is 11.3 Å². The number of nitrogens with zero attached hydrogens (tertiary/aromatic N) is 6. The largest absolute Gasteiger partial charge is 0.295 e. The molecular weight excluding hydrogens is 287 g/mol. The highest BCUT2D eigenvalue weighted by Crippen LogP contribution is 2.28. The molecular formula is C11H6Cl2N6. The number of rotatable bonds is 2. The Morgan fingerprint density at radius 1 is 1.26 bits per heavy atom. The van der Waals surface area contributed by atoms with E-state index >= 15 is 0 Å². The summed E-state index contributed by atoms with van der Waals surface area (Å²) in [7, 11) is 0. The summed E-state index contributed by atoms with van der Waals surface area (Å²) in [4.78, 5) is 8.16. The Kier molecular flexibility index (Phi) is 2.85. The average molecular weight is 293 g/mol. The molecule has 0 amide bonds. The van der Waals surface area contributed by atoms with Crippen LogP contribution in [0.4, 0.5) is 0 Å². The summed E-state index contributed by atoms with van der Waals surface area (Å²) in [5.74, 6) is 0. The van der Waals surface area contributed by atoms with Crippen LogP contribution in [0.2, 0.25) is 10.3 Å². The van der Waals surface area contributed by atoms with Gasteiger partial charge in [0.2, 0.25) is 0 Å². The third-order valence-corrected chi connectivity index (χ3v) is 3.16. The molecule has 0 bridgehead atoms. The van der Waals surface area contributed by atoms with Crippen molar-refractivity contribution in [1.29, 1.82) is 5.26 Å². The Morgan fingerprint density at radius 2 is 2.11 bits per heavy atom. The first-order valence-corrected chi connectivity index (χ1v) is 6.04. The topological polar surface area (TPSA) is 71.8 Å². The first kappa shape index (κ1) is 12.0. The summed E-state index contributed by atoms with van der Waals surface area (Å²) in [6.45, 7) is 0.138. The summed E-state index contributed by atoms with van der Waals surface area (Å²) < 4.78 is 3.24. The maximum atomic E-state index is 8.66. The van der Waals surface area contributed by atoms with E-state index < -0.39 is 0 Å². The van der Waals surface area contributed by atoms with Crippen molar-refractivity contribution in [1.82, 2.24) is 24.1 Å². The second-order valence-electron chi connectivity index (χ2n) is 3.74. The van der Waals surface area contributed by atoms with Gasteiger partial charge in [0, 0.05) is 18.6 Å². The molecule has 3 rings (SSSR count). The molecule has 0 aliphatic rings. The predicted octanol–water partition coefficient (Wildman–Crippen LogP) is 2.42. The van der Waals surface area contributed by atoms with Gasteiger partial charge in [-0.15, -0.1) is 0 Å². The van der Waals surface area contributed by atoms with E-state index in [9.17, 15) is 0 Å². The quantitative estimate of drug-likeness (QED) is 0.727. The molecule has 0 atom stereocenters. The fourth-order valence-electron chi connectivity index (χ4n) is 1.81. The number of nitriles is 1. The average Bonchev–Trinajstić information content (AvgIpc) is 2.94. The van der Waals surface area contributed by atoms with Gasteiger partial charge in [0.25, 0.3) is 0 Å². The normalized spacial score (nSPS) is 10.8. The van der Waals surface area contributed by atoms with Crippen LogP contribution in [-0.4, -0.2) is 24.1 Å². The number of aromatic nitrogens is 5. The van der Waals surface area contributed by atoms with E-state index in [-0.39, 0.29) is 6.54 Å². The second-order valence-corrected chi connectivity index (χ2v) is 4.46. The molecule has 0 N–H and O–H groups in total. The molecule has 0 aromatic carbocycles. The third-order valence-electron chi connectivity index (χ3n) is 2.61.